The van der Waals surface area contributed by atoms with E-state index in [0.717, 1.165) is 29.9 Å². The van der Waals surface area contributed by atoms with E-state index in [2.05, 4.69) is 27.4 Å². The van der Waals surface area contributed by atoms with E-state index in [1.165, 1.54) is 0 Å². The zero-order valence-electron chi connectivity index (χ0n) is 12.3. The average molecular weight is 295 g/mol. The SMILES string of the molecule is CCCc1cc(C(=O)Nc2ccc(-n3ccnc3)cc2)n[nH]1. The smallest absolute Gasteiger partial charge is 0.276 e. The van der Waals surface area contributed by atoms with Crippen LogP contribution in [-0.4, -0.2) is 25.7 Å². The van der Waals surface area contributed by atoms with E-state index < -0.39 is 0 Å². The summed E-state index contributed by atoms with van der Waals surface area (Å²) in [6, 6.07) is 9.34. The number of imidazole rings is 1. The lowest BCUT2D eigenvalue weighted by molar-refractivity contribution is 0.102. The number of hydrogen-bond acceptors (Lipinski definition) is 3. The third-order valence-electron chi connectivity index (χ3n) is 3.31. The number of H-pyrrole nitrogens is 1. The number of benzene rings is 1. The third-order valence-corrected chi connectivity index (χ3v) is 3.31. The van der Waals surface area contributed by atoms with Crippen LogP contribution >= 0.6 is 0 Å². The number of hydrogen-bond donors (Lipinski definition) is 2. The summed E-state index contributed by atoms with van der Waals surface area (Å²) >= 11 is 0. The minimum atomic E-state index is -0.214. The van der Waals surface area contributed by atoms with Gasteiger partial charge in [0, 0.05) is 29.5 Å². The second-order valence-corrected chi connectivity index (χ2v) is 5.00. The molecule has 112 valence electrons. The van der Waals surface area contributed by atoms with Gasteiger partial charge in [0.2, 0.25) is 0 Å². The molecule has 0 unspecified atom stereocenters. The number of nitrogens with zero attached hydrogens (tertiary/aromatic N) is 3. The molecular weight excluding hydrogens is 278 g/mol. The van der Waals surface area contributed by atoms with Crippen LogP contribution in [0.2, 0.25) is 0 Å². The molecular formula is C16H17N5O. The molecule has 0 aliphatic carbocycles. The van der Waals surface area contributed by atoms with Gasteiger partial charge in [-0.2, -0.15) is 5.10 Å². The first-order chi connectivity index (χ1) is 10.8. The molecule has 0 spiro atoms. The van der Waals surface area contributed by atoms with E-state index >= 15 is 0 Å². The molecule has 2 heterocycles. The van der Waals surface area contributed by atoms with E-state index in [9.17, 15) is 4.79 Å². The Morgan fingerprint density at radius 3 is 2.82 bits per heavy atom. The van der Waals surface area contributed by atoms with Crippen LogP contribution in [0.3, 0.4) is 0 Å². The zero-order chi connectivity index (χ0) is 15.4. The fraction of sp³-hybridized carbons (Fsp3) is 0.188. The molecule has 0 atom stereocenters. The fourth-order valence-corrected chi connectivity index (χ4v) is 2.20. The molecule has 6 nitrogen and oxygen atoms in total. The summed E-state index contributed by atoms with van der Waals surface area (Å²) in [5, 5.41) is 9.76. The minimum Gasteiger partial charge on any atom is -0.321 e. The molecule has 0 radical (unpaired) electrons. The summed E-state index contributed by atoms with van der Waals surface area (Å²) in [6.07, 6.45) is 7.22. The van der Waals surface area contributed by atoms with Crippen LogP contribution in [0.5, 0.6) is 0 Å². The van der Waals surface area contributed by atoms with Gasteiger partial charge in [-0.05, 0) is 36.8 Å². The molecule has 2 N–H and O–H groups in total. The Labute approximate surface area is 128 Å². The number of aromatic amines is 1. The maximum Gasteiger partial charge on any atom is 0.276 e. The maximum atomic E-state index is 12.1. The Morgan fingerprint density at radius 2 is 2.14 bits per heavy atom. The number of amides is 1. The molecule has 3 rings (SSSR count). The monoisotopic (exact) mass is 295 g/mol. The molecule has 0 saturated heterocycles. The largest absolute Gasteiger partial charge is 0.321 e. The predicted octanol–water partition coefficient (Wildman–Crippen LogP) is 2.80. The first-order valence-corrected chi connectivity index (χ1v) is 7.20. The number of carbonyl (C=O) groups excluding carboxylic acids is 1. The van der Waals surface area contributed by atoms with Gasteiger partial charge < -0.3 is 9.88 Å². The van der Waals surface area contributed by atoms with Crippen LogP contribution < -0.4 is 5.32 Å². The third kappa shape index (κ3) is 3.06. The molecule has 0 saturated carbocycles. The summed E-state index contributed by atoms with van der Waals surface area (Å²) in [5.74, 6) is -0.214. The van der Waals surface area contributed by atoms with E-state index in [1.807, 2.05) is 35.0 Å². The standard InChI is InChI=1S/C16H17N5O/c1-2-3-13-10-15(20-19-13)16(22)18-12-4-6-14(7-5-12)21-9-8-17-11-21/h4-11H,2-3H2,1H3,(H,18,22)(H,19,20). The number of aryl methyl sites for hydroxylation is 1. The van der Waals surface area contributed by atoms with E-state index in [0.29, 0.717) is 5.69 Å². The number of nitrogens with one attached hydrogen (secondary N) is 2. The topological polar surface area (TPSA) is 75.6 Å². The number of rotatable bonds is 5. The van der Waals surface area contributed by atoms with Crippen LogP contribution in [0.15, 0.2) is 49.1 Å². The molecule has 0 aliphatic heterocycles. The van der Waals surface area contributed by atoms with Crippen LogP contribution in [0.1, 0.15) is 29.5 Å². The van der Waals surface area contributed by atoms with Crippen molar-refractivity contribution in [3.8, 4) is 5.69 Å². The summed E-state index contributed by atoms with van der Waals surface area (Å²) in [5.41, 5.74) is 3.10. The van der Waals surface area contributed by atoms with E-state index in [-0.39, 0.29) is 5.91 Å². The van der Waals surface area contributed by atoms with Crippen LogP contribution in [0.4, 0.5) is 5.69 Å². The number of aromatic nitrogens is 4. The van der Waals surface area contributed by atoms with Crippen molar-refractivity contribution in [3.05, 3.63) is 60.4 Å². The Bertz CT molecular complexity index is 743. The van der Waals surface area contributed by atoms with Gasteiger partial charge in [0.25, 0.3) is 5.91 Å². The number of anilines is 1. The summed E-state index contributed by atoms with van der Waals surface area (Å²) in [7, 11) is 0. The Morgan fingerprint density at radius 1 is 1.32 bits per heavy atom. The zero-order valence-corrected chi connectivity index (χ0v) is 12.3. The normalized spacial score (nSPS) is 10.6. The fourth-order valence-electron chi connectivity index (χ4n) is 2.20. The second kappa shape index (κ2) is 6.26. The van der Waals surface area contributed by atoms with Gasteiger partial charge in [-0.3, -0.25) is 9.89 Å². The molecule has 2 aromatic heterocycles. The average Bonchev–Trinajstić information content (AvgIpc) is 3.20. The predicted molar refractivity (Wildman–Crippen MR) is 84.1 cm³/mol. The van der Waals surface area contributed by atoms with E-state index in [1.54, 1.807) is 18.6 Å². The highest BCUT2D eigenvalue weighted by Gasteiger charge is 2.10. The van der Waals surface area contributed by atoms with Gasteiger partial charge in [0.05, 0.1) is 6.33 Å². The van der Waals surface area contributed by atoms with Gasteiger partial charge >= 0.3 is 0 Å². The lowest BCUT2D eigenvalue weighted by Gasteiger charge is -2.05. The van der Waals surface area contributed by atoms with Crippen molar-refractivity contribution in [2.75, 3.05) is 5.32 Å². The molecule has 6 heteroatoms. The van der Waals surface area contributed by atoms with Crippen molar-refractivity contribution in [3.63, 3.8) is 0 Å². The first-order valence-electron chi connectivity index (χ1n) is 7.20. The maximum absolute atomic E-state index is 12.1. The highest BCUT2D eigenvalue weighted by atomic mass is 16.1. The highest BCUT2D eigenvalue weighted by Crippen LogP contribution is 2.14. The Kier molecular flexibility index (Phi) is 4.00. The van der Waals surface area contributed by atoms with Crippen molar-refractivity contribution >= 4 is 11.6 Å². The lowest BCUT2D eigenvalue weighted by Crippen LogP contribution is -2.12. The summed E-state index contributed by atoms with van der Waals surface area (Å²) in [6.45, 7) is 2.09. The van der Waals surface area contributed by atoms with Crippen LogP contribution in [0, 0.1) is 0 Å². The highest BCUT2D eigenvalue weighted by molar-refractivity contribution is 6.02. The number of carbonyl (C=O) groups is 1. The van der Waals surface area contributed by atoms with Gasteiger partial charge in [-0.1, -0.05) is 13.3 Å². The lowest BCUT2D eigenvalue weighted by atomic mass is 10.2. The quantitative estimate of drug-likeness (QED) is 0.760. The molecule has 3 aromatic rings. The molecule has 22 heavy (non-hydrogen) atoms. The van der Waals surface area contributed by atoms with Crippen molar-refractivity contribution in [2.24, 2.45) is 0 Å². The van der Waals surface area contributed by atoms with Gasteiger partial charge in [0.15, 0.2) is 5.69 Å². The van der Waals surface area contributed by atoms with Gasteiger partial charge in [-0.15, -0.1) is 0 Å². The molecule has 0 aliphatic rings. The minimum absolute atomic E-state index is 0.214. The second-order valence-electron chi connectivity index (χ2n) is 5.00. The Balaban J connectivity index is 1.68. The van der Waals surface area contributed by atoms with Crippen LogP contribution in [-0.2, 0) is 6.42 Å². The first kappa shape index (κ1) is 14.1. The van der Waals surface area contributed by atoms with Gasteiger partial charge in [0.1, 0.15) is 0 Å². The van der Waals surface area contributed by atoms with E-state index in [4.69, 9.17) is 0 Å². The van der Waals surface area contributed by atoms with Crippen molar-refractivity contribution in [2.45, 2.75) is 19.8 Å². The van der Waals surface area contributed by atoms with Gasteiger partial charge in [-0.25, -0.2) is 4.98 Å². The van der Waals surface area contributed by atoms with Crippen molar-refractivity contribution < 1.29 is 4.79 Å². The Hall–Kier alpha value is -2.89. The van der Waals surface area contributed by atoms with Crippen molar-refractivity contribution in [1.82, 2.24) is 19.7 Å². The van der Waals surface area contributed by atoms with Crippen LogP contribution in [0.25, 0.3) is 5.69 Å². The summed E-state index contributed by atoms with van der Waals surface area (Å²) < 4.78 is 1.90. The van der Waals surface area contributed by atoms with Crippen molar-refractivity contribution in [1.29, 1.82) is 0 Å². The molecule has 0 bridgehead atoms. The molecule has 1 aromatic carbocycles. The summed E-state index contributed by atoms with van der Waals surface area (Å²) in [4.78, 5) is 16.1. The molecule has 0 fully saturated rings. The molecule has 1 amide bonds.